The van der Waals surface area contributed by atoms with Gasteiger partial charge in [0.2, 0.25) is 0 Å². The summed E-state index contributed by atoms with van der Waals surface area (Å²) in [5.41, 5.74) is 3.68. The number of benzene rings is 1. The Kier molecular flexibility index (Phi) is 9.13. The van der Waals surface area contributed by atoms with Crippen LogP contribution in [0.2, 0.25) is 5.02 Å². The van der Waals surface area contributed by atoms with E-state index in [4.69, 9.17) is 11.6 Å². The molecule has 1 atom stereocenters. The second-order valence-electron chi connectivity index (χ2n) is 7.28. The summed E-state index contributed by atoms with van der Waals surface area (Å²) in [4.78, 5) is 12.8. The number of pyridine rings is 1. The molecule has 31 heavy (non-hydrogen) atoms. The minimum atomic E-state index is 0. The van der Waals surface area contributed by atoms with E-state index in [9.17, 15) is 0 Å². The Morgan fingerprint density at radius 2 is 2.03 bits per heavy atom. The fourth-order valence-electron chi connectivity index (χ4n) is 3.77. The van der Waals surface area contributed by atoms with Crippen LogP contribution in [-0.4, -0.2) is 36.0 Å². The summed E-state index contributed by atoms with van der Waals surface area (Å²) >= 11 is 8.01. The Morgan fingerprint density at radius 3 is 2.77 bits per heavy atom. The molecule has 3 aromatic rings. The number of aliphatic imine (C=N–C) groups is 1. The van der Waals surface area contributed by atoms with Crippen molar-refractivity contribution in [1.82, 2.24) is 20.5 Å². The maximum absolute atomic E-state index is 6.14. The maximum atomic E-state index is 6.14. The maximum Gasteiger partial charge on any atom is 0.191 e. The Balaban J connectivity index is 0.00000272. The Morgan fingerprint density at radius 1 is 1.19 bits per heavy atom. The first-order valence-electron chi connectivity index (χ1n) is 10.1. The largest absolute Gasteiger partial charge is 0.354 e. The molecule has 0 bridgehead atoms. The van der Waals surface area contributed by atoms with E-state index in [2.05, 4.69) is 49.1 Å². The van der Waals surface area contributed by atoms with Crippen LogP contribution in [-0.2, 0) is 19.5 Å². The highest BCUT2D eigenvalue weighted by Crippen LogP contribution is 2.30. The van der Waals surface area contributed by atoms with Crippen LogP contribution in [0.1, 0.15) is 27.7 Å². The minimum Gasteiger partial charge on any atom is -0.354 e. The van der Waals surface area contributed by atoms with Crippen LogP contribution < -0.4 is 10.6 Å². The van der Waals surface area contributed by atoms with Crippen molar-refractivity contribution in [2.45, 2.75) is 25.6 Å². The van der Waals surface area contributed by atoms with Crippen LogP contribution in [0.4, 0.5) is 0 Å². The summed E-state index contributed by atoms with van der Waals surface area (Å²) in [6.07, 6.45) is 2.91. The quantitative estimate of drug-likeness (QED) is 0.253. The number of rotatable bonds is 6. The number of halogens is 2. The lowest BCUT2D eigenvalue weighted by Crippen LogP contribution is -2.44. The predicted octanol–water partition coefficient (Wildman–Crippen LogP) is 4.88. The number of hydrogen-bond donors (Lipinski definition) is 2. The van der Waals surface area contributed by atoms with E-state index in [1.165, 1.54) is 16.0 Å². The summed E-state index contributed by atoms with van der Waals surface area (Å²) in [6, 6.07) is 16.6. The fraction of sp³-hybridized carbons (Fsp3) is 0.304. The third-order valence-electron chi connectivity index (χ3n) is 5.38. The molecule has 1 aliphatic rings. The highest BCUT2D eigenvalue weighted by atomic mass is 127. The van der Waals surface area contributed by atoms with Crippen molar-refractivity contribution in [3.63, 3.8) is 0 Å². The van der Waals surface area contributed by atoms with Gasteiger partial charge < -0.3 is 10.6 Å². The Hall–Kier alpha value is -1.68. The van der Waals surface area contributed by atoms with Gasteiger partial charge in [-0.15, -0.1) is 35.3 Å². The van der Waals surface area contributed by atoms with Gasteiger partial charge >= 0.3 is 0 Å². The number of guanidine groups is 1. The van der Waals surface area contributed by atoms with Gasteiger partial charge in [-0.3, -0.25) is 14.9 Å². The number of nitrogens with zero attached hydrogens (tertiary/aromatic N) is 3. The van der Waals surface area contributed by atoms with Gasteiger partial charge in [-0.1, -0.05) is 29.8 Å². The van der Waals surface area contributed by atoms with Crippen molar-refractivity contribution < 1.29 is 0 Å². The van der Waals surface area contributed by atoms with E-state index >= 15 is 0 Å². The van der Waals surface area contributed by atoms with Gasteiger partial charge in [0.15, 0.2) is 5.96 Å². The minimum absolute atomic E-state index is 0. The standard InChI is InChI=1S/C23H26ClN5S.HI/c1-25-23(27-14-20-4-2-3-11-26-20)28-15-21(17-5-7-19(24)8-6-17)29-12-9-22-18(16-29)10-13-30-22;/h2-8,10-11,13,21H,9,12,14-16H2,1H3,(H2,25,27,28);1H. The van der Waals surface area contributed by atoms with Crippen molar-refractivity contribution in [1.29, 1.82) is 0 Å². The topological polar surface area (TPSA) is 52.6 Å². The van der Waals surface area contributed by atoms with Gasteiger partial charge in [0, 0.05) is 42.8 Å². The van der Waals surface area contributed by atoms with Crippen LogP contribution in [0.3, 0.4) is 0 Å². The first kappa shape index (κ1) is 24.0. The van der Waals surface area contributed by atoms with Crippen LogP contribution in [0, 0.1) is 0 Å². The van der Waals surface area contributed by atoms with E-state index in [-0.39, 0.29) is 30.0 Å². The lowest BCUT2D eigenvalue weighted by atomic mass is 10.0. The zero-order chi connectivity index (χ0) is 20.8. The van der Waals surface area contributed by atoms with Crippen molar-refractivity contribution in [3.8, 4) is 0 Å². The van der Waals surface area contributed by atoms with E-state index in [1.807, 2.05) is 41.7 Å². The third-order valence-corrected chi connectivity index (χ3v) is 6.66. The Bertz CT molecular complexity index is 977. The SMILES string of the molecule is CN=C(NCc1ccccn1)NCC(c1ccc(Cl)cc1)N1CCc2sccc2C1.I. The molecule has 3 heterocycles. The molecule has 0 saturated heterocycles. The molecule has 0 radical (unpaired) electrons. The van der Waals surface area contributed by atoms with Gasteiger partial charge in [-0.2, -0.15) is 0 Å². The van der Waals surface area contributed by atoms with Gasteiger partial charge in [0.05, 0.1) is 18.3 Å². The van der Waals surface area contributed by atoms with Gasteiger partial charge in [0.25, 0.3) is 0 Å². The van der Waals surface area contributed by atoms with Crippen LogP contribution in [0.15, 0.2) is 65.1 Å². The monoisotopic (exact) mass is 567 g/mol. The van der Waals surface area contributed by atoms with Gasteiger partial charge in [0.1, 0.15) is 0 Å². The number of nitrogens with one attached hydrogen (secondary N) is 2. The smallest absolute Gasteiger partial charge is 0.191 e. The molecule has 4 rings (SSSR count). The lowest BCUT2D eigenvalue weighted by molar-refractivity contribution is 0.181. The zero-order valence-electron chi connectivity index (χ0n) is 17.4. The van der Waals surface area contributed by atoms with E-state index < -0.39 is 0 Å². The predicted molar refractivity (Wildman–Crippen MR) is 140 cm³/mol. The summed E-state index contributed by atoms with van der Waals surface area (Å²) in [7, 11) is 1.80. The molecule has 2 N–H and O–H groups in total. The van der Waals surface area contributed by atoms with Crippen molar-refractivity contribution >= 4 is 52.9 Å². The fourth-order valence-corrected chi connectivity index (χ4v) is 4.79. The number of hydrogen-bond acceptors (Lipinski definition) is 4. The molecule has 2 aromatic heterocycles. The van der Waals surface area contributed by atoms with Crippen molar-refractivity contribution in [2.75, 3.05) is 20.1 Å². The molecule has 8 heteroatoms. The van der Waals surface area contributed by atoms with E-state index in [1.54, 1.807) is 13.2 Å². The number of thiophene rings is 1. The van der Waals surface area contributed by atoms with Crippen molar-refractivity contribution in [3.05, 3.63) is 86.8 Å². The molecule has 1 aromatic carbocycles. The molecule has 0 aliphatic carbocycles. The molecular weight excluding hydrogens is 541 g/mol. The van der Waals surface area contributed by atoms with Crippen LogP contribution in [0.5, 0.6) is 0 Å². The Labute approximate surface area is 210 Å². The molecule has 0 fully saturated rings. The normalized spacial score (nSPS) is 15.0. The van der Waals surface area contributed by atoms with Crippen molar-refractivity contribution in [2.24, 2.45) is 4.99 Å². The van der Waals surface area contributed by atoms with E-state index in [0.717, 1.165) is 42.7 Å². The second kappa shape index (κ2) is 11.8. The molecule has 0 spiro atoms. The molecular formula is C23H27ClIN5S. The molecule has 5 nitrogen and oxygen atoms in total. The average Bonchev–Trinajstić information content (AvgIpc) is 3.26. The number of fused-ring (bicyclic) bond motifs is 1. The summed E-state index contributed by atoms with van der Waals surface area (Å²) in [5, 5.41) is 9.82. The summed E-state index contributed by atoms with van der Waals surface area (Å²) < 4.78 is 0. The highest BCUT2D eigenvalue weighted by molar-refractivity contribution is 14.0. The summed E-state index contributed by atoms with van der Waals surface area (Å²) in [6.45, 7) is 3.40. The van der Waals surface area contributed by atoms with Crippen LogP contribution >= 0.6 is 46.9 Å². The first-order chi connectivity index (χ1) is 14.7. The average molecular weight is 568 g/mol. The second-order valence-corrected chi connectivity index (χ2v) is 8.72. The molecule has 1 unspecified atom stereocenters. The lowest BCUT2D eigenvalue weighted by Gasteiger charge is -2.35. The van der Waals surface area contributed by atoms with Gasteiger partial charge in [-0.25, -0.2) is 0 Å². The molecule has 0 amide bonds. The third kappa shape index (κ3) is 6.41. The zero-order valence-corrected chi connectivity index (χ0v) is 21.3. The van der Waals surface area contributed by atoms with Crippen LogP contribution in [0.25, 0.3) is 0 Å². The first-order valence-corrected chi connectivity index (χ1v) is 11.4. The number of aromatic nitrogens is 1. The molecule has 1 aliphatic heterocycles. The highest BCUT2D eigenvalue weighted by Gasteiger charge is 2.25. The summed E-state index contributed by atoms with van der Waals surface area (Å²) in [5.74, 6) is 0.771. The molecule has 0 saturated carbocycles. The van der Waals surface area contributed by atoms with Gasteiger partial charge in [-0.05, 0) is 53.3 Å². The van der Waals surface area contributed by atoms with E-state index in [0.29, 0.717) is 6.54 Å². The molecule has 164 valence electrons.